The number of aldehydes is 1. The molecule has 1 aromatic rings. The summed E-state index contributed by atoms with van der Waals surface area (Å²) >= 11 is 0. The number of terminal acetylenes is 1. The van der Waals surface area contributed by atoms with E-state index in [1.165, 1.54) is 12.3 Å². The van der Waals surface area contributed by atoms with Crippen molar-refractivity contribution in [2.75, 3.05) is 0 Å². The van der Waals surface area contributed by atoms with Gasteiger partial charge < -0.3 is 4.42 Å². The summed E-state index contributed by atoms with van der Waals surface area (Å²) in [5.74, 6) is 2.60. The average molecular weight is 120 g/mol. The van der Waals surface area contributed by atoms with E-state index < -0.39 is 0 Å². The quantitative estimate of drug-likeness (QED) is 0.410. The van der Waals surface area contributed by atoms with Crippen molar-refractivity contribution in [2.45, 2.75) is 0 Å². The van der Waals surface area contributed by atoms with Crippen LogP contribution in [0.15, 0.2) is 16.7 Å². The molecule has 0 radical (unpaired) electrons. The Balaban J connectivity index is 3.03. The van der Waals surface area contributed by atoms with Crippen molar-refractivity contribution in [1.29, 1.82) is 0 Å². The van der Waals surface area contributed by atoms with Crippen LogP contribution in [0.4, 0.5) is 0 Å². The minimum absolute atomic E-state index is 0.267. The fraction of sp³-hybridized carbons (Fsp3) is 0. The van der Waals surface area contributed by atoms with Gasteiger partial charge in [-0.05, 0) is 0 Å². The van der Waals surface area contributed by atoms with Crippen LogP contribution in [0, 0.1) is 12.3 Å². The van der Waals surface area contributed by atoms with Gasteiger partial charge in [-0.25, -0.2) is 0 Å². The van der Waals surface area contributed by atoms with Crippen molar-refractivity contribution in [3.8, 4) is 12.3 Å². The first kappa shape index (κ1) is 5.64. The number of hydrogen-bond donors (Lipinski definition) is 0. The molecule has 0 amide bonds. The van der Waals surface area contributed by atoms with E-state index >= 15 is 0 Å². The Morgan fingerprint density at radius 1 is 1.78 bits per heavy atom. The SMILES string of the molecule is C#Cc1coc(C=O)c1. The molecule has 0 saturated carbocycles. The van der Waals surface area contributed by atoms with E-state index in [1.807, 2.05) is 0 Å². The third-order valence-corrected chi connectivity index (χ3v) is 0.903. The molecule has 0 fully saturated rings. The number of furan rings is 1. The second kappa shape index (κ2) is 2.19. The van der Waals surface area contributed by atoms with Crippen LogP contribution in [0.5, 0.6) is 0 Å². The van der Waals surface area contributed by atoms with E-state index in [0.717, 1.165) is 0 Å². The molecule has 44 valence electrons. The van der Waals surface area contributed by atoms with Crippen molar-refractivity contribution in [2.24, 2.45) is 0 Å². The lowest BCUT2D eigenvalue weighted by Gasteiger charge is -1.68. The van der Waals surface area contributed by atoms with Crippen molar-refractivity contribution in [1.82, 2.24) is 0 Å². The standard InChI is InChI=1S/C7H4O2/c1-2-6-3-7(4-8)9-5-6/h1,3-5H. The van der Waals surface area contributed by atoms with E-state index in [2.05, 4.69) is 5.92 Å². The zero-order chi connectivity index (χ0) is 6.69. The first-order valence-corrected chi connectivity index (χ1v) is 2.37. The van der Waals surface area contributed by atoms with Crippen LogP contribution in [0.3, 0.4) is 0 Å². The van der Waals surface area contributed by atoms with Crippen LogP contribution in [0.25, 0.3) is 0 Å². The Kier molecular flexibility index (Phi) is 1.37. The number of carbonyl (C=O) groups excluding carboxylic acids is 1. The van der Waals surface area contributed by atoms with Gasteiger partial charge in [0.1, 0.15) is 6.26 Å². The topological polar surface area (TPSA) is 30.2 Å². The summed E-state index contributed by atoms with van der Waals surface area (Å²) in [4.78, 5) is 9.97. The van der Waals surface area contributed by atoms with Crippen LogP contribution < -0.4 is 0 Å². The van der Waals surface area contributed by atoms with Gasteiger partial charge in [0.2, 0.25) is 0 Å². The highest BCUT2D eigenvalue weighted by Crippen LogP contribution is 2.02. The maximum absolute atomic E-state index is 9.97. The summed E-state index contributed by atoms with van der Waals surface area (Å²) in [5, 5.41) is 0. The summed E-state index contributed by atoms with van der Waals surface area (Å²) in [6.45, 7) is 0. The van der Waals surface area contributed by atoms with Crippen LogP contribution in [-0.4, -0.2) is 6.29 Å². The lowest BCUT2D eigenvalue weighted by molar-refractivity contribution is 0.110. The van der Waals surface area contributed by atoms with Gasteiger partial charge >= 0.3 is 0 Å². The Bertz CT molecular complexity index is 252. The molecule has 2 nitrogen and oxygen atoms in total. The summed E-state index contributed by atoms with van der Waals surface area (Å²) < 4.78 is 4.69. The average Bonchev–Trinajstić information content (AvgIpc) is 2.34. The number of hydrogen-bond acceptors (Lipinski definition) is 2. The van der Waals surface area contributed by atoms with E-state index in [-0.39, 0.29) is 5.76 Å². The first-order chi connectivity index (χ1) is 4.36. The molecule has 0 aliphatic heterocycles. The molecule has 9 heavy (non-hydrogen) atoms. The number of carbonyl (C=O) groups is 1. The van der Waals surface area contributed by atoms with Crippen molar-refractivity contribution in [3.63, 3.8) is 0 Å². The predicted octanol–water partition coefficient (Wildman–Crippen LogP) is 1.07. The fourth-order valence-electron chi connectivity index (χ4n) is 0.490. The Hall–Kier alpha value is -1.49. The minimum Gasteiger partial charge on any atom is -0.460 e. The highest BCUT2D eigenvalue weighted by atomic mass is 16.3. The minimum atomic E-state index is 0.267. The fourth-order valence-corrected chi connectivity index (χ4v) is 0.490. The monoisotopic (exact) mass is 120 g/mol. The van der Waals surface area contributed by atoms with Gasteiger partial charge in [0.15, 0.2) is 12.0 Å². The smallest absolute Gasteiger partial charge is 0.185 e. The molecule has 1 heterocycles. The van der Waals surface area contributed by atoms with Crippen LogP contribution in [0.2, 0.25) is 0 Å². The van der Waals surface area contributed by atoms with Crippen LogP contribution in [0.1, 0.15) is 16.1 Å². The van der Waals surface area contributed by atoms with Crippen molar-refractivity contribution >= 4 is 6.29 Å². The molecule has 0 saturated heterocycles. The van der Waals surface area contributed by atoms with E-state index in [4.69, 9.17) is 10.8 Å². The first-order valence-electron chi connectivity index (χ1n) is 2.37. The molecule has 0 aliphatic rings. The summed E-state index contributed by atoms with van der Waals surface area (Å²) in [7, 11) is 0. The highest BCUT2D eigenvalue weighted by Gasteiger charge is 1.94. The zero-order valence-corrected chi connectivity index (χ0v) is 4.63. The van der Waals surface area contributed by atoms with Gasteiger partial charge in [-0.15, -0.1) is 6.42 Å². The van der Waals surface area contributed by atoms with E-state index in [1.54, 1.807) is 0 Å². The number of rotatable bonds is 1. The zero-order valence-electron chi connectivity index (χ0n) is 4.63. The van der Waals surface area contributed by atoms with Gasteiger partial charge in [0, 0.05) is 6.07 Å². The van der Waals surface area contributed by atoms with Crippen molar-refractivity contribution < 1.29 is 9.21 Å². The van der Waals surface area contributed by atoms with Gasteiger partial charge in [0.25, 0.3) is 0 Å². The molecular formula is C7H4O2. The van der Waals surface area contributed by atoms with Gasteiger partial charge in [-0.2, -0.15) is 0 Å². The molecule has 0 spiro atoms. The lowest BCUT2D eigenvalue weighted by Crippen LogP contribution is -1.67. The molecule has 0 aromatic carbocycles. The Morgan fingerprint density at radius 2 is 2.56 bits per heavy atom. The van der Waals surface area contributed by atoms with Gasteiger partial charge in [0.05, 0.1) is 5.56 Å². The molecule has 0 aliphatic carbocycles. The summed E-state index contributed by atoms with van der Waals surface area (Å²) in [6, 6.07) is 1.51. The molecule has 0 N–H and O–H groups in total. The van der Waals surface area contributed by atoms with E-state index in [0.29, 0.717) is 11.8 Å². The predicted molar refractivity (Wildman–Crippen MR) is 32.0 cm³/mol. The molecular weight excluding hydrogens is 116 g/mol. The molecule has 0 atom stereocenters. The van der Waals surface area contributed by atoms with Crippen molar-refractivity contribution in [3.05, 3.63) is 23.7 Å². The largest absolute Gasteiger partial charge is 0.460 e. The Morgan fingerprint density at radius 3 is 2.89 bits per heavy atom. The van der Waals surface area contributed by atoms with Crippen LogP contribution >= 0.6 is 0 Å². The second-order valence-corrected chi connectivity index (χ2v) is 1.50. The normalized spacial score (nSPS) is 8.33. The molecule has 2 heteroatoms. The van der Waals surface area contributed by atoms with E-state index in [9.17, 15) is 4.79 Å². The third-order valence-electron chi connectivity index (χ3n) is 0.903. The second-order valence-electron chi connectivity index (χ2n) is 1.50. The highest BCUT2D eigenvalue weighted by molar-refractivity contribution is 5.71. The van der Waals surface area contributed by atoms with Gasteiger partial charge in [-0.1, -0.05) is 5.92 Å². The summed E-state index contributed by atoms with van der Waals surface area (Å²) in [6.07, 6.45) is 6.97. The van der Waals surface area contributed by atoms with Crippen LogP contribution in [-0.2, 0) is 0 Å². The third kappa shape index (κ3) is 1.000. The van der Waals surface area contributed by atoms with Gasteiger partial charge in [-0.3, -0.25) is 4.79 Å². The molecule has 1 aromatic heterocycles. The summed E-state index contributed by atoms with van der Waals surface area (Å²) in [5.41, 5.74) is 0.595. The lowest BCUT2D eigenvalue weighted by atomic mass is 10.3. The maximum atomic E-state index is 9.97. The maximum Gasteiger partial charge on any atom is 0.185 e. The Labute approximate surface area is 52.5 Å². The molecule has 1 rings (SSSR count). The molecule has 0 unspecified atom stereocenters. The molecule has 0 bridgehead atoms.